The lowest BCUT2D eigenvalue weighted by Gasteiger charge is -2.16. The molecule has 0 spiro atoms. The first kappa shape index (κ1) is 19.9. The molecule has 126 valence electrons. The number of aromatic nitrogens is 1. The first-order valence-electron chi connectivity index (χ1n) is 7.55. The lowest BCUT2D eigenvalue weighted by molar-refractivity contribution is 0.665. The Balaban J connectivity index is 0.00000264. The third kappa shape index (κ3) is 7.78. The fourth-order valence-corrected chi connectivity index (χ4v) is 3.00. The van der Waals surface area contributed by atoms with E-state index >= 15 is 0 Å². The van der Waals surface area contributed by atoms with Crippen molar-refractivity contribution < 1.29 is 0 Å². The van der Waals surface area contributed by atoms with Crippen molar-refractivity contribution in [3.63, 3.8) is 0 Å². The average molecular weight is 444 g/mol. The molecule has 0 fully saturated rings. The van der Waals surface area contributed by atoms with Gasteiger partial charge in [0.1, 0.15) is 0 Å². The molecule has 2 rings (SSSR count). The number of guanidine groups is 1. The van der Waals surface area contributed by atoms with Gasteiger partial charge in [0.05, 0.1) is 0 Å². The highest BCUT2D eigenvalue weighted by Crippen LogP contribution is 2.21. The van der Waals surface area contributed by atoms with Gasteiger partial charge in [0.25, 0.3) is 0 Å². The third-order valence-electron chi connectivity index (χ3n) is 3.19. The molecule has 2 aromatic rings. The van der Waals surface area contributed by atoms with Gasteiger partial charge in [-0.3, -0.25) is 4.99 Å². The normalized spacial score (nSPS) is 12.3. The second-order valence-corrected chi connectivity index (χ2v) is 6.55. The van der Waals surface area contributed by atoms with Crippen LogP contribution in [0.5, 0.6) is 0 Å². The number of hydrogen-bond donors (Lipinski definition) is 2. The Morgan fingerprint density at radius 2 is 1.83 bits per heavy atom. The maximum absolute atomic E-state index is 4.26. The molecule has 4 nitrogen and oxygen atoms in total. The fraction of sp³-hybridized carbons (Fsp3) is 0.353. The summed E-state index contributed by atoms with van der Waals surface area (Å²) in [5, 5.41) is 7.19. The van der Waals surface area contributed by atoms with Crippen LogP contribution in [0.4, 0.5) is 0 Å². The zero-order valence-electron chi connectivity index (χ0n) is 13.6. The van der Waals surface area contributed by atoms with Crippen molar-refractivity contribution in [2.45, 2.75) is 23.6 Å². The van der Waals surface area contributed by atoms with E-state index in [1.54, 1.807) is 7.05 Å². The number of hydrogen-bond acceptors (Lipinski definition) is 2. The summed E-state index contributed by atoms with van der Waals surface area (Å²) < 4.78 is 2.15. The van der Waals surface area contributed by atoms with Crippen LogP contribution >= 0.6 is 35.7 Å². The van der Waals surface area contributed by atoms with Crippen molar-refractivity contribution >= 4 is 41.7 Å². The highest BCUT2D eigenvalue weighted by molar-refractivity contribution is 14.0. The van der Waals surface area contributed by atoms with E-state index in [-0.39, 0.29) is 24.0 Å². The molecule has 1 unspecified atom stereocenters. The summed E-state index contributed by atoms with van der Waals surface area (Å²) in [5.41, 5.74) is 0. The molecule has 2 N–H and O–H groups in total. The van der Waals surface area contributed by atoms with Crippen molar-refractivity contribution in [1.82, 2.24) is 15.2 Å². The SMILES string of the molecule is CN=C(NCCn1cccc1)NCC(C)Sc1ccccc1.I. The van der Waals surface area contributed by atoms with Crippen molar-refractivity contribution in [2.75, 3.05) is 20.1 Å². The summed E-state index contributed by atoms with van der Waals surface area (Å²) in [7, 11) is 1.81. The molecule has 0 radical (unpaired) electrons. The van der Waals surface area contributed by atoms with E-state index in [9.17, 15) is 0 Å². The number of nitrogens with one attached hydrogen (secondary N) is 2. The largest absolute Gasteiger partial charge is 0.355 e. The monoisotopic (exact) mass is 444 g/mol. The molecule has 1 heterocycles. The predicted octanol–water partition coefficient (Wildman–Crippen LogP) is 3.45. The van der Waals surface area contributed by atoms with Crippen molar-refractivity contribution in [3.05, 3.63) is 54.9 Å². The molecule has 0 saturated heterocycles. The van der Waals surface area contributed by atoms with Crippen molar-refractivity contribution in [1.29, 1.82) is 0 Å². The summed E-state index contributed by atoms with van der Waals surface area (Å²) >= 11 is 1.87. The van der Waals surface area contributed by atoms with E-state index in [1.165, 1.54) is 4.90 Å². The summed E-state index contributed by atoms with van der Waals surface area (Å²) in [5.74, 6) is 0.854. The van der Waals surface area contributed by atoms with Crippen LogP contribution in [0.3, 0.4) is 0 Å². The maximum Gasteiger partial charge on any atom is 0.191 e. The quantitative estimate of drug-likeness (QED) is 0.298. The third-order valence-corrected chi connectivity index (χ3v) is 4.30. The summed E-state index contributed by atoms with van der Waals surface area (Å²) in [6.07, 6.45) is 4.13. The van der Waals surface area contributed by atoms with E-state index in [2.05, 4.69) is 63.8 Å². The second kappa shape index (κ2) is 11.4. The first-order valence-corrected chi connectivity index (χ1v) is 8.43. The highest BCUT2D eigenvalue weighted by atomic mass is 127. The van der Waals surface area contributed by atoms with Crippen LogP contribution in [-0.4, -0.2) is 35.9 Å². The van der Waals surface area contributed by atoms with E-state index in [0.29, 0.717) is 5.25 Å². The van der Waals surface area contributed by atoms with Crippen molar-refractivity contribution in [2.24, 2.45) is 4.99 Å². The number of benzene rings is 1. The number of thioether (sulfide) groups is 1. The van der Waals surface area contributed by atoms with Crippen LogP contribution in [0.1, 0.15) is 6.92 Å². The van der Waals surface area contributed by atoms with Gasteiger partial charge in [-0.1, -0.05) is 25.1 Å². The van der Waals surface area contributed by atoms with E-state index in [0.717, 1.165) is 25.6 Å². The molecular formula is C17H25IN4S. The molecule has 0 saturated carbocycles. The smallest absolute Gasteiger partial charge is 0.191 e. The van der Waals surface area contributed by atoms with Gasteiger partial charge in [-0.15, -0.1) is 35.7 Å². The topological polar surface area (TPSA) is 41.4 Å². The Morgan fingerprint density at radius 3 is 2.48 bits per heavy atom. The molecule has 0 aliphatic carbocycles. The lowest BCUT2D eigenvalue weighted by Crippen LogP contribution is -2.41. The molecule has 0 aliphatic rings. The maximum atomic E-state index is 4.26. The van der Waals surface area contributed by atoms with Gasteiger partial charge in [-0.05, 0) is 24.3 Å². The van der Waals surface area contributed by atoms with E-state index < -0.39 is 0 Å². The van der Waals surface area contributed by atoms with Gasteiger partial charge in [-0.25, -0.2) is 0 Å². The lowest BCUT2D eigenvalue weighted by atomic mass is 10.4. The van der Waals surface area contributed by atoms with Crippen molar-refractivity contribution in [3.8, 4) is 0 Å². The van der Waals surface area contributed by atoms with Gasteiger partial charge < -0.3 is 15.2 Å². The van der Waals surface area contributed by atoms with Crippen LogP contribution in [-0.2, 0) is 6.54 Å². The first-order chi connectivity index (χ1) is 10.8. The number of halogens is 1. The average Bonchev–Trinajstić information content (AvgIpc) is 3.05. The fourth-order valence-electron chi connectivity index (χ4n) is 2.06. The minimum atomic E-state index is 0. The van der Waals surface area contributed by atoms with Gasteiger partial charge in [-0.2, -0.15) is 0 Å². The molecule has 1 aromatic heterocycles. The number of rotatable bonds is 7. The minimum absolute atomic E-state index is 0. The Hall–Kier alpha value is -1.15. The Kier molecular flexibility index (Phi) is 9.86. The molecule has 23 heavy (non-hydrogen) atoms. The van der Waals surface area contributed by atoms with Crippen LogP contribution in [0.2, 0.25) is 0 Å². The number of aliphatic imine (C=N–C) groups is 1. The highest BCUT2D eigenvalue weighted by Gasteiger charge is 2.05. The minimum Gasteiger partial charge on any atom is -0.355 e. The van der Waals surface area contributed by atoms with Crippen LogP contribution in [0.25, 0.3) is 0 Å². The molecule has 0 bridgehead atoms. The van der Waals surface area contributed by atoms with Gasteiger partial charge >= 0.3 is 0 Å². The van der Waals surface area contributed by atoms with E-state index in [1.807, 2.05) is 30.0 Å². The Bertz CT molecular complexity index is 557. The number of nitrogens with zero attached hydrogens (tertiary/aromatic N) is 2. The van der Waals surface area contributed by atoms with Gasteiger partial charge in [0, 0.05) is 49.2 Å². The summed E-state index contributed by atoms with van der Waals surface area (Å²) in [6.45, 7) is 4.89. The standard InChI is InChI=1S/C17H24N4S.HI/c1-15(22-16-8-4-3-5-9-16)14-20-17(18-2)19-10-13-21-11-6-7-12-21;/h3-9,11-12,15H,10,13-14H2,1-2H3,(H2,18,19,20);1H. The zero-order chi connectivity index (χ0) is 15.6. The zero-order valence-corrected chi connectivity index (χ0v) is 16.8. The van der Waals surface area contributed by atoms with Gasteiger partial charge in [0.2, 0.25) is 0 Å². The molecule has 1 atom stereocenters. The molecule has 6 heteroatoms. The molecular weight excluding hydrogens is 419 g/mol. The van der Waals surface area contributed by atoms with Crippen LogP contribution < -0.4 is 10.6 Å². The molecule has 0 aliphatic heterocycles. The van der Waals surface area contributed by atoms with Crippen LogP contribution in [0.15, 0.2) is 64.7 Å². The molecule has 0 amide bonds. The van der Waals surface area contributed by atoms with E-state index in [4.69, 9.17) is 0 Å². The Labute approximate surface area is 160 Å². The Morgan fingerprint density at radius 1 is 1.13 bits per heavy atom. The summed E-state index contributed by atoms with van der Waals surface area (Å²) in [6, 6.07) is 14.6. The second-order valence-electron chi connectivity index (χ2n) is 5.04. The molecule has 1 aromatic carbocycles. The van der Waals surface area contributed by atoms with Gasteiger partial charge in [0.15, 0.2) is 5.96 Å². The predicted molar refractivity (Wildman–Crippen MR) is 111 cm³/mol. The van der Waals surface area contributed by atoms with Crippen LogP contribution in [0, 0.1) is 0 Å². The summed E-state index contributed by atoms with van der Waals surface area (Å²) in [4.78, 5) is 5.56.